The number of alkyl halides is 1. The molecule has 0 N–H and O–H groups in total. The third-order valence-corrected chi connectivity index (χ3v) is 2.96. The maximum atomic E-state index is 12.8. The summed E-state index contributed by atoms with van der Waals surface area (Å²) in [6, 6.07) is 0. The maximum Gasteiger partial charge on any atom is 0.232 e. The number of halogens is 2. The van der Waals surface area contributed by atoms with Crippen LogP contribution in [-0.4, -0.2) is 20.3 Å². The van der Waals surface area contributed by atoms with E-state index in [0.29, 0.717) is 0 Å². The van der Waals surface area contributed by atoms with E-state index in [0.717, 1.165) is 12.8 Å². The van der Waals surface area contributed by atoms with Crippen LogP contribution in [0.1, 0.15) is 19.3 Å². The maximum absolute atomic E-state index is 12.8. The Morgan fingerprint density at radius 1 is 1.55 bits per heavy atom. The van der Waals surface area contributed by atoms with Crippen molar-refractivity contribution in [1.29, 1.82) is 0 Å². The quantitative estimate of drug-likeness (QED) is 0.648. The average Bonchev–Trinajstić information content (AvgIpc) is 2.61. The van der Waals surface area contributed by atoms with Crippen LogP contribution in [-0.2, 0) is 9.05 Å². The molecule has 1 saturated carbocycles. The fourth-order valence-corrected chi connectivity index (χ4v) is 1.72. The van der Waals surface area contributed by atoms with Crippen LogP contribution in [0.3, 0.4) is 0 Å². The lowest BCUT2D eigenvalue weighted by Crippen LogP contribution is -2.09. The van der Waals surface area contributed by atoms with Gasteiger partial charge in [-0.15, -0.1) is 0 Å². The molecule has 0 aromatic rings. The lowest BCUT2D eigenvalue weighted by molar-refractivity contribution is 0.290. The van der Waals surface area contributed by atoms with E-state index in [4.69, 9.17) is 10.7 Å². The minimum atomic E-state index is -3.49. The van der Waals surface area contributed by atoms with Crippen molar-refractivity contribution >= 4 is 19.7 Å². The number of hydrogen-bond donors (Lipinski definition) is 0. The first-order valence-corrected chi connectivity index (χ1v) is 6.03. The Balaban J connectivity index is 2.21. The first-order valence-electron chi connectivity index (χ1n) is 3.55. The van der Waals surface area contributed by atoms with E-state index in [2.05, 4.69) is 0 Å². The average molecular weight is 201 g/mol. The summed E-state index contributed by atoms with van der Waals surface area (Å²) in [5.41, 5.74) is 0. The van der Waals surface area contributed by atoms with Gasteiger partial charge in [-0.3, -0.25) is 0 Å². The van der Waals surface area contributed by atoms with Crippen LogP contribution in [0, 0.1) is 5.92 Å². The van der Waals surface area contributed by atoms with Gasteiger partial charge in [-0.25, -0.2) is 12.8 Å². The second kappa shape index (κ2) is 3.27. The van der Waals surface area contributed by atoms with Gasteiger partial charge < -0.3 is 0 Å². The molecule has 1 atom stereocenters. The van der Waals surface area contributed by atoms with Gasteiger partial charge in [-0.1, -0.05) is 0 Å². The lowest BCUT2D eigenvalue weighted by Gasteiger charge is -2.02. The van der Waals surface area contributed by atoms with Crippen molar-refractivity contribution in [3.63, 3.8) is 0 Å². The van der Waals surface area contributed by atoms with Gasteiger partial charge in [0, 0.05) is 10.7 Å². The predicted octanol–water partition coefficient (Wildman–Crippen LogP) is 1.69. The molecule has 1 unspecified atom stereocenters. The van der Waals surface area contributed by atoms with Crippen molar-refractivity contribution in [3.8, 4) is 0 Å². The molecule has 0 aromatic carbocycles. The van der Waals surface area contributed by atoms with Gasteiger partial charge in [-0.05, 0) is 25.2 Å². The Kier molecular flexibility index (Phi) is 2.75. The molecule has 0 spiro atoms. The molecular weight excluding hydrogens is 191 g/mol. The van der Waals surface area contributed by atoms with Crippen LogP contribution in [0.4, 0.5) is 4.39 Å². The Morgan fingerprint density at radius 3 is 2.45 bits per heavy atom. The van der Waals surface area contributed by atoms with E-state index in [1.807, 2.05) is 0 Å². The van der Waals surface area contributed by atoms with E-state index in [-0.39, 0.29) is 18.1 Å². The molecule has 0 amide bonds. The van der Waals surface area contributed by atoms with Gasteiger partial charge in [0.2, 0.25) is 9.05 Å². The Bertz CT molecular complexity index is 223. The molecule has 1 rings (SSSR count). The van der Waals surface area contributed by atoms with Crippen LogP contribution in [0.2, 0.25) is 0 Å². The summed E-state index contributed by atoms with van der Waals surface area (Å²) >= 11 is 0. The molecule has 0 bridgehead atoms. The van der Waals surface area contributed by atoms with E-state index >= 15 is 0 Å². The second-order valence-electron chi connectivity index (χ2n) is 2.89. The van der Waals surface area contributed by atoms with E-state index < -0.39 is 15.2 Å². The highest BCUT2D eigenvalue weighted by atomic mass is 35.7. The summed E-state index contributed by atoms with van der Waals surface area (Å²) in [4.78, 5) is 0. The van der Waals surface area contributed by atoms with Crippen molar-refractivity contribution in [3.05, 3.63) is 0 Å². The molecule has 1 fully saturated rings. The Labute approximate surface area is 70.2 Å². The van der Waals surface area contributed by atoms with Gasteiger partial charge >= 0.3 is 0 Å². The highest BCUT2D eigenvalue weighted by Gasteiger charge is 2.31. The third-order valence-electron chi connectivity index (χ3n) is 1.77. The topological polar surface area (TPSA) is 34.1 Å². The fourth-order valence-electron chi connectivity index (χ4n) is 0.947. The zero-order chi connectivity index (χ0) is 8.48. The zero-order valence-corrected chi connectivity index (χ0v) is 7.54. The zero-order valence-electron chi connectivity index (χ0n) is 5.96. The first-order chi connectivity index (χ1) is 4.99. The van der Waals surface area contributed by atoms with Gasteiger partial charge in [0.1, 0.15) is 6.17 Å². The van der Waals surface area contributed by atoms with Crippen molar-refractivity contribution in [2.24, 2.45) is 5.92 Å². The highest BCUT2D eigenvalue weighted by Crippen LogP contribution is 2.36. The summed E-state index contributed by atoms with van der Waals surface area (Å²) in [7, 11) is 1.42. The monoisotopic (exact) mass is 200 g/mol. The van der Waals surface area contributed by atoms with Gasteiger partial charge in [0.15, 0.2) is 0 Å². The third kappa shape index (κ3) is 3.91. The van der Waals surface area contributed by atoms with Crippen LogP contribution in [0.25, 0.3) is 0 Å². The Morgan fingerprint density at radius 2 is 2.09 bits per heavy atom. The van der Waals surface area contributed by atoms with Crippen LogP contribution < -0.4 is 0 Å². The SMILES string of the molecule is O=S(=O)(Cl)CCC(F)C1CC1. The lowest BCUT2D eigenvalue weighted by atomic mass is 10.2. The van der Waals surface area contributed by atoms with Gasteiger partial charge in [0.05, 0.1) is 5.75 Å². The Hall–Kier alpha value is 0.170. The van der Waals surface area contributed by atoms with Gasteiger partial charge in [-0.2, -0.15) is 0 Å². The highest BCUT2D eigenvalue weighted by molar-refractivity contribution is 8.13. The minimum absolute atomic E-state index is 0.0521. The molecule has 0 aromatic heterocycles. The van der Waals surface area contributed by atoms with Crippen LogP contribution in [0.15, 0.2) is 0 Å². The van der Waals surface area contributed by atoms with E-state index in [1.165, 1.54) is 0 Å². The van der Waals surface area contributed by atoms with Crippen molar-refractivity contribution in [2.45, 2.75) is 25.4 Å². The molecule has 1 aliphatic rings. The van der Waals surface area contributed by atoms with Crippen molar-refractivity contribution in [2.75, 3.05) is 5.75 Å². The molecule has 0 saturated heterocycles. The molecule has 0 radical (unpaired) electrons. The normalized spacial score (nSPS) is 21.6. The fraction of sp³-hybridized carbons (Fsp3) is 1.00. The van der Waals surface area contributed by atoms with Crippen molar-refractivity contribution in [1.82, 2.24) is 0 Å². The minimum Gasteiger partial charge on any atom is -0.247 e. The molecule has 5 heteroatoms. The molecule has 11 heavy (non-hydrogen) atoms. The van der Waals surface area contributed by atoms with Crippen LogP contribution >= 0.6 is 10.7 Å². The van der Waals surface area contributed by atoms with E-state index in [9.17, 15) is 12.8 Å². The smallest absolute Gasteiger partial charge is 0.232 e. The van der Waals surface area contributed by atoms with Crippen LogP contribution in [0.5, 0.6) is 0 Å². The standard InChI is InChI=1S/C6H10ClFO2S/c7-11(9,10)4-3-6(8)5-1-2-5/h5-6H,1-4H2. The summed E-state index contributed by atoms with van der Waals surface area (Å²) in [5, 5.41) is 0. The molecule has 2 nitrogen and oxygen atoms in total. The number of hydrogen-bond acceptors (Lipinski definition) is 2. The summed E-state index contributed by atoms with van der Waals surface area (Å²) in [6.07, 6.45) is 0.868. The molecule has 0 aliphatic heterocycles. The molecule has 1 aliphatic carbocycles. The first kappa shape index (κ1) is 9.26. The summed E-state index contributed by atoms with van der Waals surface area (Å²) in [6.45, 7) is 0. The van der Waals surface area contributed by atoms with Crippen molar-refractivity contribution < 1.29 is 12.8 Å². The van der Waals surface area contributed by atoms with Gasteiger partial charge in [0.25, 0.3) is 0 Å². The largest absolute Gasteiger partial charge is 0.247 e. The predicted molar refractivity (Wildman–Crippen MR) is 41.9 cm³/mol. The molecule has 0 heterocycles. The van der Waals surface area contributed by atoms with E-state index in [1.54, 1.807) is 0 Å². The summed E-state index contributed by atoms with van der Waals surface area (Å²) in [5.74, 6) is -0.139. The number of rotatable bonds is 4. The second-order valence-corrected chi connectivity index (χ2v) is 5.78. The molecular formula is C6H10ClFO2S. The summed E-state index contributed by atoms with van der Waals surface area (Å²) < 4.78 is 33.6. The molecule has 66 valence electrons.